The number of nitrogen functional groups attached to an aromatic ring is 1. The van der Waals surface area contributed by atoms with Crippen molar-refractivity contribution in [3.05, 3.63) is 51.5 Å². The molecule has 0 saturated carbocycles. The van der Waals surface area contributed by atoms with Crippen molar-refractivity contribution in [1.29, 1.82) is 0 Å². The largest absolute Gasteiger partial charge is 0.457 e. The number of hydrazine groups is 1. The Morgan fingerprint density at radius 1 is 0.895 bits per heavy atom. The Morgan fingerprint density at radius 3 is 1.84 bits per heavy atom. The van der Waals surface area contributed by atoms with E-state index in [-0.39, 0.29) is 0 Å². The van der Waals surface area contributed by atoms with Gasteiger partial charge in [0.25, 0.3) is 0 Å². The third kappa shape index (κ3) is 3.32. The van der Waals surface area contributed by atoms with Gasteiger partial charge in [-0.2, -0.15) is 0 Å². The van der Waals surface area contributed by atoms with Gasteiger partial charge in [0.2, 0.25) is 0 Å². The van der Waals surface area contributed by atoms with Gasteiger partial charge in [-0.1, -0.05) is 29.3 Å². The lowest BCUT2D eigenvalue weighted by Gasteiger charge is -2.11. The minimum Gasteiger partial charge on any atom is -0.457 e. The molecule has 0 aliphatic heterocycles. The number of benzene rings is 2. The molecule has 0 bridgehead atoms. The highest BCUT2D eigenvalue weighted by Crippen LogP contribution is 2.36. The second kappa shape index (κ2) is 5.70. The van der Waals surface area contributed by atoms with E-state index in [0.717, 1.165) is 16.9 Å². The van der Waals surface area contributed by atoms with Crippen LogP contribution in [0.1, 0.15) is 11.1 Å². The van der Waals surface area contributed by atoms with E-state index in [1.165, 1.54) is 0 Å². The maximum Gasteiger partial charge on any atom is 0.130 e. The molecule has 0 unspecified atom stereocenters. The van der Waals surface area contributed by atoms with Crippen LogP contribution in [-0.2, 0) is 0 Å². The van der Waals surface area contributed by atoms with Crippen molar-refractivity contribution >= 4 is 28.9 Å². The predicted octanol–water partition coefficient (Wildman–Crippen LogP) is 4.69. The van der Waals surface area contributed by atoms with Gasteiger partial charge in [-0.25, -0.2) is 0 Å². The highest BCUT2D eigenvalue weighted by Gasteiger charge is 2.09. The molecule has 0 heterocycles. The van der Waals surface area contributed by atoms with Crippen molar-refractivity contribution < 1.29 is 4.74 Å². The monoisotopic (exact) mass is 296 g/mol. The second-order valence-corrected chi connectivity index (χ2v) is 5.15. The third-order valence-corrected chi connectivity index (χ3v) is 3.19. The Kier molecular flexibility index (Phi) is 4.20. The van der Waals surface area contributed by atoms with Crippen molar-refractivity contribution in [1.82, 2.24) is 0 Å². The summed E-state index contributed by atoms with van der Waals surface area (Å²) in [6.45, 7) is 4.03. The first-order valence-corrected chi connectivity index (χ1v) is 6.47. The van der Waals surface area contributed by atoms with Gasteiger partial charge in [0, 0.05) is 12.1 Å². The number of nitrogens with two attached hydrogens (primary N) is 1. The van der Waals surface area contributed by atoms with Crippen molar-refractivity contribution in [3.63, 3.8) is 0 Å². The Balaban J connectivity index is 2.33. The van der Waals surface area contributed by atoms with Crippen LogP contribution in [0, 0.1) is 13.8 Å². The van der Waals surface area contributed by atoms with Crippen molar-refractivity contribution in [2.45, 2.75) is 13.8 Å². The van der Waals surface area contributed by atoms with Crippen LogP contribution in [0.25, 0.3) is 0 Å². The number of hydrogen-bond acceptors (Lipinski definition) is 3. The Morgan fingerprint density at radius 2 is 1.37 bits per heavy atom. The van der Waals surface area contributed by atoms with Gasteiger partial charge in [-0.05, 0) is 37.1 Å². The topological polar surface area (TPSA) is 47.3 Å². The standard InChI is InChI=1S/C14H14Cl2N2O/c1-8-3-9(2)5-10(4-8)19-11-6-12(15)14(18-17)13(16)7-11/h3-7,18H,17H2,1-2H3. The van der Waals surface area contributed by atoms with Crippen LogP contribution in [-0.4, -0.2) is 0 Å². The molecule has 0 saturated heterocycles. The zero-order chi connectivity index (χ0) is 14.0. The van der Waals surface area contributed by atoms with Crippen LogP contribution >= 0.6 is 23.2 Å². The summed E-state index contributed by atoms with van der Waals surface area (Å²) in [4.78, 5) is 0. The van der Waals surface area contributed by atoms with Gasteiger partial charge in [-0.15, -0.1) is 0 Å². The van der Waals surface area contributed by atoms with Gasteiger partial charge in [0.05, 0.1) is 15.7 Å². The molecular weight excluding hydrogens is 283 g/mol. The van der Waals surface area contributed by atoms with Crippen molar-refractivity contribution in [3.8, 4) is 11.5 Å². The Labute approximate surface area is 122 Å². The third-order valence-electron chi connectivity index (χ3n) is 2.59. The lowest BCUT2D eigenvalue weighted by molar-refractivity contribution is 0.482. The number of halogens is 2. The van der Waals surface area contributed by atoms with Crippen LogP contribution in [0.2, 0.25) is 10.0 Å². The highest BCUT2D eigenvalue weighted by atomic mass is 35.5. The molecule has 5 heteroatoms. The Hall–Kier alpha value is -1.42. The molecule has 0 aromatic heterocycles. The van der Waals surface area contributed by atoms with E-state index in [4.69, 9.17) is 33.8 Å². The zero-order valence-electron chi connectivity index (χ0n) is 10.6. The quantitative estimate of drug-likeness (QED) is 0.638. The molecule has 0 radical (unpaired) electrons. The van der Waals surface area contributed by atoms with Crippen LogP contribution in [0.3, 0.4) is 0 Å². The van der Waals surface area contributed by atoms with Gasteiger partial charge < -0.3 is 10.2 Å². The summed E-state index contributed by atoms with van der Waals surface area (Å²) in [5, 5.41) is 0.823. The van der Waals surface area contributed by atoms with Gasteiger partial charge in [-0.3, -0.25) is 5.84 Å². The van der Waals surface area contributed by atoms with E-state index >= 15 is 0 Å². The molecule has 2 aromatic carbocycles. The van der Waals surface area contributed by atoms with Crippen molar-refractivity contribution in [2.24, 2.45) is 5.84 Å². The van der Waals surface area contributed by atoms with Crippen LogP contribution in [0.5, 0.6) is 11.5 Å². The normalized spacial score (nSPS) is 10.4. The minimum atomic E-state index is 0.411. The number of rotatable bonds is 3. The summed E-state index contributed by atoms with van der Waals surface area (Å²) in [7, 11) is 0. The van der Waals surface area contributed by atoms with E-state index in [9.17, 15) is 0 Å². The minimum absolute atomic E-state index is 0.411. The number of anilines is 1. The van der Waals surface area contributed by atoms with E-state index in [1.807, 2.05) is 26.0 Å². The molecule has 3 N–H and O–H groups in total. The molecule has 19 heavy (non-hydrogen) atoms. The molecule has 0 atom stereocenters. The SMILES string of the molecule is Cc1cc(C)cc(Oc2cc(Cl)c(NN)c(Cl)c2)c1. The lowest BCUT2D eigenvalue weighted by Crippen LogP contribution is -2.07. The van der Waals surface area contributed by atoms with E-state index in [1.54, 1.807) is 12.1 Å². The number of ether oxygens (including phenoxy) is 1. The summed E-state index contributed by atoms with van der Waals surface area (Å²) < 4.78 is 5.76. The summed E-state index contributed by atoms with van der Waals surface area (Å²) in [6.07, 6.45) is 0. The fourth-order valence-corrected chi connectivity index (χ4v) is 2.45. The molecule has 2 rings (SSSR count). The number of nitrogens with one attached hydrogen (secondary N) is 1. The van der Waals surface area contributed by atoms with Crippen LogP contribution < -0.4 is 16.0 Å². The molecular formula is C14H14Cl2N2O. The maximum absolute atomic E-state index is 6.06. The van der Waals surface area contributed by atoms with E-state index in [0.29, 0.717) is 21.5 Å². The van der Waals surface area contributed by atoms with Crippen molar-refractivity contribution in [2.75, 3.05) is 5.43 Å². The number of hydrogen-bond donors (Lipinski definition) is 2. The highest BCUT2D eigenvalue weighted by molar-refractivity contribution is 6.39. The molecule has 0 aliphatic rings. The average Bonchev–Trinajstić information content (AvgIpc) is 2.26. The lowest BCUT2D eigenvalue weighted by atomic mass is 10.1. The summed E-state index contributed by atoms with van der Waals surface area (Å²) in [5.41, 5.74) is 5.20. The molecule has 2 aromatic rings. The summed E-state index contributed by atoms with van der Waals surface area (Å²) in [6, 6.07) is 9.31. The smallest absolute Gasteiger partial charge is 0.130 e. The van der Waals surface area contributed by atoms with E-state index in [2.05, 4.69) is 11.5 Å². The second-order valence-electron chi connectivity index (χ2n) is 4.33. The van der Waals surface area contributed by atoms with E-state index < -0.39 is 0 Å². The maximum atomic E-state index is 6.06. The molecule has 0 spiro atoms. The summed E-state index contributed by atoms with van der Waals surface area (Å²) >= 11 is 12.1. The predicted molar refractivity (Wildman–Crippen MR) is 80.3 cm³/mol. The zero-order valence-corrected chi connectivity index (χ0v) is 12.1. The average molecular weight is 297 g/mol. The molecule has 100 valence electrons. The molecule has 3 nitrogen and oxygen atoms in total. The van der Waals surface area contributed by atoms with Gasteiger partial charge >= 0.3 is 0 Å². The van der Waals surface area contributed by atoms with Crippen LogP contribution in [0.15, 0.2) is 30.3 Å². The van der Waals surface area contributed by atoms with Crippen LogP contribution in [0.4, 0.5) is 5.69 Å². The first-order chi connectivity index (χ1) is 8.99. The number of aryl methyl sites for hydroxylation is 2. The fourth-order valence-electron chi connectivity index (χ4n) is 1.87. The first kappa shape index (κ1) is 14.0. The molecule has 0 fully saturated rings. The fraction of sp³-hybridized carbons (Fsp3) is 0.143. The van der Waals surface area contributed by atoms with Gasteiger partial charge in [0.1, 0.15) is 11.5 Å². The van der Waals surface area contributed by atoms with Gasteiger partial charge in [0.15, 0.2) is 0 Å². The Bertz CT molecular complexity index is 571. The summed E-state index contributed by atoms with van der Waals surface area (Å²) in [5.74, 6) is 6.65. The molecule has 0 amide bonds. The molecule has 0 aliphatic carbocycles. The first-order valence-electron chi connectivity index (χ1n) is 5.71.